The number of hydrogen-bond acceptors (Lipinski definition) is 3. The van der Waals surface area contributed by atoms with Crippen LogP contribution in [-0.4, -0.2) is 26.8 Å². The first-order chi connectivity index (χ1) is 12.0. The smallest absolute Gasteiger partial charge is 0.207 e. The number of halogens is 9. The van der Waals surface area contributed by atoms with Crippen LogP contribution in [0, 0.1) is 11.8 Å². The molecule has 1 saturated carbocycles. The van der Waals surface area contributed by atoms with Gasteiger partial charge >= 0.3 is 18.5 Å². The van der Waals surface area contributed by atoms with Crippen molar-refractivity contribution in [3.63, 3.8) is 0 Å². The summed E-state index contributed by atoms with van der Waals surface area (Å²) in [6, 6.07) is -0.642. The molecule has 0 bridgehead atoms. The van der Waals surface area contributed by atoms with E-state index in [1.807, 2.05) is 0 Å². The van der Waals surface area contributed by atoms with Crippen molar-refractivity contribution >= 4 is 21.4 Å². The van der Waals surface area contributed by atoms with Crippen molar-refractivity contribution in [1.29, 1.82) is 0 Å². The molecular formula is C13H12F9NO2S2. The third kappa shape index (κ3) is 5.50. The molecule has 1 aromatic rings. The molecule has 2 unspecified atom stereocenters. The average Bonchev–Trinajstić information content (AvgIpc) is 2.95. The van der Waals surface area contributed by atoms with Gasteiger partial charge in [-0.2, -0.15) is 39.5 Å². The lowest BCUT2D eigenvalue weighted by Crippen LogP contribution is -2.46. The van der Waals surface area contributed by atoms with Crippen LogP contribution in [0.4, 0.5) is 39.5 Å². The molecule has 0 spiro atoms. The maximum atomic E-state index is 12.9. The zero-order valence-corrected chi connectivity index (χ0v) is 14.7. The van der Waals surface area contributed by atoms with Crippen LogP contribution < -0.4 is 4.72 Å². The summed E-state index contributed by atoms with van der Waals surface area (Å²) in [6.07, 6.45) is -17.8. The summed E-state index contributed by atoms with van der Waals surface area (Å²) in [5.74, 6) is -4.75. The van der Waals surface area contributed by atoms with E-state index in [1.54, 1.807) is 4.72 Å². The normalized spacial score (nSPS) is 25.6. The third-order valence-electron chi connectivity index (χ3n) is 4.08. The fourth-order valence-corrected chi connectivity index (χ4v) is 5.30. The standard InChI is InChI=1S/C13H12F9NO2S2/c14-11(15,16)6-3-7(12(17,18)19)5-8(4-6)23-27(24,25)10-2-1-9(26-10)13(20,21)22/h1-2,6-8,23H,3-5H2. The third-order valence-corrected chi connectivity index (χ3v) is 7.22. The predicted molar refractivity (Wildman–Crippen MR) is 76.4 cm³/mol. The van der Waals surface area contributed by atoms with E-state index in [4.69, 9.17) is 0 Å². The zero-order valence-electron chi connectivity index (χ0n) is 13.0. The van der Waals surface area contributed by atoms with Crippen molar-refractivity contribution < 1.29 is 47.9 Å². The molecule has 3 nitrogen and oxygen atoms in total. The largest absolute Gasteiger partial charge is 0.425 e. The van der Waals surface area contributed by atoms with Gasteiger partial charge in [-0.1, -0.05) is 0 Å². The molecule has 1 aliphatic carbocycles. The van der Waals surface area contributed by atoms with Crippen LogP contribution in [0.2, 0.25) is 0 Å². The molecule has 0 saturated heterocycles. The van der Waals surface area contributed by atoms with E-state index in [0.29, 0.717) is 12.1 Å². The Labute approximate surface area is 151 Å². The number of thiophene rings is 1. The van der Waals surface area contributed by atoms with Crippen molar-refractivity contribution in [3.05, 3.63) is 17.0 Å². The molecule has 0 aromatic carbocycles. The molecule has 1 heterocycles. The quantitative estimate of drug-likeness (QED) is 0.664. The van der Waals surface area contributed by atoms with Gasteiger partial charge < -0.3 is 0 Å². The lowest BCUT2D eigenvalue weighted by Gasteiger charge is -2.36. The minimum absolute atomic E-state index is 0.172. The van der Waals surface area contributed by atoms with Crippen LogP contribution in [0.25, 0.3) is 0 Å². The minimum Gasteiger partial charge on any atom is -0.207 e. The highest BCUT2D eigenvalue weighted by Crippen LogP contribution is 2.46. The van der Waals surface area contributed by atoms with E-state index in [9.17, 15) is 47.9 Å². The topological polar surface area (TPSA) is 46.2 Å². The molecule has 0 aliphatic heterocycles. The molecule has 156 valence electrons. The van der Waals surface area contributed by atoms with E-state index in [0.717, 1.165) is 0 Å². The highest BCUT2D eigenvalue weighted by atomic mass is 32.2. The Morgan fingerprint density at radius 1 is 0.852 bits per heavy atom. The monoisotopic (exact) mass is 449 g/mol. The van der Waals surface area contributed by atoms with Gasteiger partial charge in [0.25, 0.3) is 0 Å². The molecule has 27 heavy (non-hydrogen) atoms. The van der Waals surface area contributed by atoms with E-state index in [-0.39, 0.29) is 11.3 Å². The van der Waals surface area contributed by atoms with Gasteiger partial charge in [-0.15, -0.1) is 11.3 Å². The first-order valence-electron chi connectivity index (χ1n) is 7.33. The maximum Gasteiger partial charge on any atom is 0.425 e. The summed E-state index contributed by atoms with van der Waals surface area (Å²) in [4.78, 5) is -1.26. The van der Waals surface area contributed by atoms with Gasteiger partial charge in [-0.05, 0) is 31.4 Å². The van der Waals surface area contributed by atoms with Gasteiger partial charge in [0.2, 0.25) is 10.0 Å². The maximum absolute atomic E-state index is 12.9. The molecule has 14 heteroatoms. The van der Waals surface area contributed by atoms with Gasteiger partial charge in [0.05, 0.1) is 11.8 Å². The molecule has 1 aromatic heterocycles. The van der Waals surface area contributed by atoms with Gasteiger partial charge in [-0.25, -0.2) is 13.1 Å². The lowest BCUT2D eigenvalue weighted by atomic mass is 9.78. The van der Waals surface area contributed by atoms with Crippen LogP contribution in [0.3, 0.4) is 0 Å². The summed E-state index contributed by atoms with van der Waals surface area (Å²) >= 11 is -0.172. The summed E-state index contributed by atoms with van der Waals surface area (Å²) in [5, 5.41) is 0. The highest BCUT2D eigenvalue weighted by Gasteiger charge is 2.52. The van der Waals surface area contributed by atoms with Crippen molar-refractivity contribution in [1.82, 2.24) is 4.72 Å². The van der Waals surface area contributed by atoms with Crippen LogP contribution in [-0.2, 0) is 16.2 Å². The SMILES string of the molecule is O=S(=O)(NC1CC(C(F)(F)F)CC(C(F)(F)F)C1)c1ccc(C(F)(F)F)s1. The Morgan fingerprint density at radius 2 is 1.33 bits per heavy atom. The summed E-state index contributed by atoms with van der Waals surface area (Å²) in [6.45, 7) is 0. The van der Waals surface area contributed by atoms with Gasteiger partial charge in [-0.3, -0.25) is 0 Å². The van der Waals surface area contributed by atoms with E-state index in [1.165, 1.54) is 0 Å². The van der Waals surface area contributed by atoms with Gasteiger partial charge in [0, 0.05) is 6.04 Å². The van der Waals surface area contributed by atoms with Crippen LogP contribution in [0.5, 0.6) is 0 Å². The van der Waals surface area contributed by atoms with E-state index < -0.39 is 74.8 Å². The summed E-state index contributed by atoms with van der Waals surface area (Å²) < 4.78 is 140. The summed E-state index contributed by atoms with van der Waals surface area (Å²) in [5.41, 5.74) is 0. The first kappa shape index (κ1) is 22.3. The molecule has 1 N–H and O–H groups in total. The van der Waals surface area contributed by atoms with E-state index >= 15 is 0 Å². The first-order valence-corrected chi connectivity index (χ1v) is 9.63. The number of rotatable bonds is 3. The highest BCUT2D eigenvalue weighted by molar-refractivity contribution is 7.91. The van der Waals surface area contributed by atoms with Crippen molar-refractivity contribution in [2.45, 2.75) is 48.0 Å². The average molecular weight is 449 g/mol. The number of hydrogen-bond donors (Lipinski definition) is 1. The fourth-order valence-electron chi connectivity index (χ4n) is 2.84. The van der Waals surface area contributed by atoms with Crippen LogP contribution in [0.1, 0.15) is 24.1 Å². The number of nitrogens with one attached hydrogen (secondary N) is 1. The van der Waals surface area contributed by atoms with Crippen LogP contribution in [0.15, 0.2) is 16.3 Å². The second-order valence-electron chi connectivity index (χ2n) is 6.12. The Balaban J connectivity index is 2.24. The number of sulfonamides is 1. The van der Waals surface area contributed by atoms with Crippen molar-refractivity contribution in [2.75, 3.05) is 0 Å². The van der Waals surface area contributed by atoms with E-state index in [2.05, 4.69) is 0 Å². The molecule has 0 amide bonds. The Kier molecular flexibility index (Phi) is 5.86. The minimum atomic E-state index is -4.96. The van der Waals surface area contributed by atoms with Crippen molar-refractivity contribution in [2.24, 2.45) is 11.8 Å². The molecule has 2 rings (SSSR count). The molecule has 1 fully saturated rings. The predicted octanol–water partition coefficient (Wildman–Crippen LogP) is 4.95. The van der Waals surface area contributed by atoms with Crippen LogP contribution >= 0.6 is 11.3 Å². The van der Waals surface area contributed by atoms with Gasteiger partial charge in [0.1, 0.15) is 9.09 Å². The lowest BCUT2D eigenvalue weighted by molar-refractivity contribution is -0.224. The van der Waals surface area contributed by atoms with Crippen molar-refractivity contribution in [3.8, 4) is 0 Å². The van der Waals surface area contributed by atoms with Gasteiger partial charge in [0.15, 0.2) is 0 Å². The molecule has 2 atom stereocenters. The Hall–Kier alpha value is -1.02. The molecular weight excluding hydrogens is 437 g/mol. The Morgan fingerprint density at radius 3 is 1.70 bits per heavy atom. The number of alkyl halides is 9. The second kappa shape index (κ2) is 7.10. The Bertz CT molecular complexity index is 742. The summed E-state index contributed by atoms with van der Waals surface area (Å²) in [7, 11) is -4.70. The fraction of sp³-hybridized carbons (Fsp3) is 0.692. The second-order valence-corrected chi connectivity index (χ2v) is 9.14. The molecule has 1 aliphatic rings. The molecule has 0 radical (unpaired) electrons. The zero-order chi connectivity index (χ0) is 20.8.